The molecule has 0 aliphatic heterocycles. The van der Waals surface area contributed by atoms with Crippen LogP contribution >= 0.6 is 7.60 Å². The van der Waals surface area contributed by atoms with Gasteiger partial charge >= 0.3 is 25.9 Å². The van der Waals surface area contributed by atoms with Crippen molar-refractivity contribution in [2.24, 2.45) is 5.41 Å². The topological polar surface area (TPSA) is 83.8 Å². The van der Waals surface area contributed by atoms with Crippen LogP contribution in [0.4, 0.5) is 26.3 Å². The first-order valence-electron chi connectivity index (χ1n) is 5.95. The SMILES string of the molecule is CCCOC(=O)C(CC(F)(F)F)(CC(F)(F)F)CP(=O)(O)O. The van der Waals surface area contributed by atoms with Crippen LogP contribution in [-0.4, -0.2) is 40.9 Å². The third-order valence-electron chi connectivity index (χ3n) is 2.46. The third-order valence-corrected chi connectivity index (χ3v) is 3.47. The second-order valence-electron chi connectivity index (χ2n) is 4.82. The van der Waals surface area contributed by atoms with E-state index in [9.17, 15) is 35.7 Å². The fraction of sp³-hybridized carbons (Fsp3) is 0.900. The number of rotatable bonds is 7. The van der Waals surface area contributed by atoms with Crippen molar-refractivity contribution in [3.8, 4) is 0 Å². The van der Waals surface area contributed by atoms with Gasteiger partial charge < -0.3 is 14.5 Å². The minimum atomic E-state index is -5.35. The Bertz CT molecular complexity index is 411. The lowest BCUT2D eigenvalue weighted by Gasteiger charge is -2.33. The zero-order valence-electron chi connectivity index (χ0n) is 11.4. The molecule has 0 aromatic rings. The molecule has 0 aromatic heterocycles. The van der Waals surface area contributed by atoms with Gasteiger partial charge in [0, 0.05) is 0 Å². The Morgan fingerprint density at radius 3 is 1.73 bits per heavy atom. The zero-order valence-corrected chi connectivity index (χ0v) is 12.3. The number of carbonyl (C=O) groups is 1. The van der Waals surface area contributed by atoms with Crippen LogP contribution in [0.5, 0.6) is 0 Å². The summed E-state index contributed by atoms with van der Waals surface area (Å²) in [5.41, 5.74) is -3.41. The highest BCUT2D eigenvalue weighted by Gasteiger charge is 2.57. The van der Waals surface area contributed by atoms with Gasteiger partial charge in [0.25, 0.3) is 0 Å². The van der Waals surface area contributed by atoms with Crippen molar-refractivity contribution in [3.63, 3.8) is 0 Å². The van der Waals surface area contributed by atoms with Gasteiger partial charge in [-0.2, -0.15) is 26.3 Å². The molecule has 0 atom stereocenters. The highest BCUT2D eigenvalue weighted by molar-refractivity contribution is 7.51. The molecular formula is C10H15F6O5P. The van der Waals surface area contributed by atoms with Crippen molar-refractivity contribution in [2.45, 2.75) is 38.5 Å². The first-order valence-corrected chi connectivity index (χ1v) is 7.75. The van der Waals surface area contributed by atoms with Gasteiger partial charge in [0.1, 0.15) is 0 Å². The van der Waals surface area contributed by atoms with Crippen LogP contribution in [0.2, 0.25) is 0 Å². The number of alkyl halides is 6. The van der Waals surface area contributed by atoms with Gasteiger partial charge in [-0.05, 0) is 6.42 Å². The summed E-state index contributed by atoms with van der Waals surface area (Å²) in [6.07, 6.45) is -16.9. The van der Waals surface area contributed by atoms with Gasteiger partial charge in [0.15, 0.2) is 0 Å². The van der Waals surface area contributed by atoms with E-state index in [4.69, 9.17) is 9.79 Å². The average molecular weight is 360 g/mol. The van der Waals surface area contributed by atoms with E-state index >= 15 is 0 Å². The van der Waals surface area contributed by atoms with E-state index in [0.29, 0.717) is 0 Å². The Morgan fingerprint density at radius 1 is 1.05 bits per heavy atom. The molecule has 0 saturated heterocycles. The standard InChI is InChI=1S/C10H15F6O5P/c1-2-3-21-7(17)8(4-9(11,12)13,5-10(14,15)16)6-22(18,19)20/h2-6H2,1H3,(H2,18,19,20). The van der Waals surface area contributed by atoms with Crippen LogP contribution in [0.15, 0.2) is 0 Å². The molecule has 0 unspecified atom stereocenters. The molecule has 132 valence electrons. The van der Waals surface area contributed by atoms with Crippen LogP contribution in [0.25, 0.3) is 0 Å². The number of hydrogen-bond donors (Lipinski definition) is 2. The van der Waals surface area contributed by atoms with Crippen LogP contribution in [0, 0.1) is 5.41 Å². The van der Waals surface area contributed by atoms with Crippen LogP contribution in [-0.2, 0) is 14.1 Å². The third kappa shape index (κ3) is 8.60. The highest BCUT2D eigenvalue weighted by atomic mass is 31.2. The van der Waals surface area contributed by atoms with Gasteiger partial charge in [-0.3, -0.25) is 9.36 Å². The fourth-order valence-corrected chi connectivity index (χ4v) is 3.03. The summed E-state index contributed by atoms with van der Waals surface area (Å²) in [7, 11) is -5.35. The largest absolute Gasteiger partial charge is 0.465 e. The second-order valence-corrected chi connectivity index (χ2v) is 6.47. The maximum atomic E-state index is 12.6. The molecule has 0 saturated carbocycles. The molecule has 22 heavy (non-hydrogen) atoms. The van der Waals surface area contributed by atoms with Crippen LogP contribution < -0.4 is 0 Å². The Hall–Kier alpha value is -0.800. The van der Waals surface area contributed by atoms with E-state index in [0.717, 1.165) is 0 Å². The maximum Gasteiger partial charge on any atom is 0.390 e. The number of carbonyl (C=O) groups excluding carboxylic acids is 1. The molecule has 0 radical (unpaired) electrons. The minimum absolute atomic E-state index is 0.121. The molecule has 0 spiro atoms. The number of esters is 1. The number of halogens is 6. The minimum Gasteiger partial charge on any atom is -0.465 e. The van der Waals surface area contributed by atoms with Gasteiger partial charge in [0.2, 0.25) is 0 Å². The Balaban J connectivity index is 5.78. The smallest absolute Gasteiger partial charge is 0.390 e. The van der Waals surface area contributed by atoms with E-state index in [1.807, 2.05) is 0 Å². The normalized spacial score (nSPS) is 14.0. The van der Waals surface area contributed by atoms with Crippen molar-refractivity contribution < 1.29 is 50.2 Å². The molecule has 0 aromatic carbocycles. The first-order chi connectivity index (χ1) is 9.60. The molecular weight excluding hydrogens is 345 g/mol. The van der Waals surface area contributed by atoms with Crippen molar-refractivity contribution in [1.29, 1.82) is 0 Å². The molecule has 0 fully saturated rings. The second kappa shape index (κ2) is 7.18. The van der Waals surface area contributed by atoms with Crippen LogP contribution in [0.1, 0.15) is 26.2 Å². The molecule has 0 rings (SSSR count). The Kier molecular flexibility index (Phi) is 6.92. The van der Waals surface area contributed by atoms with Gasteiger partial charge in [-0.15, -0.1) is 0 Å². The summed E-state index contributed by atoms with van der Waals surface area (Å²) < 4.78 is 90.6. The van der Waals surface area contributed by atoms with E-state index in [2.05, 4.69) is 4.74 Å². The molecule has 12 heteroatoms. The lowest BCUT2D eigenvalue weighted by atomic mass is 9.82. The van der Waals surface area contributed by atoms with Gasteiger partial charge in [0.05, 0.1) is 31.0 Å². The monoisotopic (exact) mass is 360 g/mol. The van der Waals surface area contributed by atoms with Crippen molar-refractivity contribution in [3.05, 3.63) is 0 Å². The maximum absolute atomic E-state index is 12.6. The fourth-order valence-electron chi connectivity index (χ4n) is 1.89. The summed E-state index contributed by atoms with van der Waals surface area (Å²) in [5, 5.41) is 0. The quantitative estimate of drug-likeness (QED) is 0.414. The number of ether oxygens (including phenoxy) is 1. The lowest BCUT2D eigenvalue weighted by Crippen LogP contribution is -2.44. The molecule has 0 heterocycles. The molecule has 0 bridgehead atoms. The van der Waals surface area contributed by atoms with Crippen LogP contribution in [0.3, 0.4) is 0 Å². The average Bonchev–Trinajstić information content (AvgIpc) is 2.17. The lowest BCUT2D eigenvalue weighted by molar-refractivity contribution is -0.206. The summed E-state index contributed by atoms with van der Waals surface area (Å²) >= 11 is 0. The van der Waals surface area contributed by atoms with E-state index in [1.54, 1.807) is 0 Å². The predicted molar refractivity (Wildman–Crippen MR) is 61.9 cm³/mol. The first kappa shape index (κ1) is 21.2. The summed E-state index contributed by atoms with van der Waals surface area (Å²) in [6.45, 7) is 0.989. The van der Waals surface area contributed by atoms with Gasteiger partial charge in [-0.1, -0.05) is 6.92 Å². The number of hydrogen-bond acceptors (Lipinski definition) is 3. The molecule has 2 N–H and O–H groups in total. The summed E-state index contributed by atoms with van der Waals surface area (Å²) in [6, 6.07) is 0. The van der Waals surface area contributed by atoms with E-state index in [1.165, 1.54) is 6.92 Å². The predicted octanol–water partition coefficient (Wildman–Crippen LogP) is 3.01. The van der Waals surface area contributed by atoms with E-state index in [-0.39, 0.29) is 6.42 Å². The highest BCUT2D eigenvalue weighted by Crippen LogP contribution is 2.51. The molecule has 0 aliphatic carbocycles. The van der Waals surface area contributed by atoms with Crippen molar-refractivity contribution in [2.75, 3.05) is 12.8 Å². The molecule has 0 amide bonds. The Morgan fingerprint density at radius 2 is 1.45 bits per heavy atom. The zero-order chi connectivity index (χ0) is 17.8. The van der Waals surface area contributed by atoms with E-state index < -0.39 is 56.9 Å². The van der Waals surface area contributed by atoms with Crippen molar-refractivity contribution >= 4 is 13.6 Å². The summed E-state index contributed by atoms with van der Waals surface area (Å²) in [4.78, 5) is 29.3. The molecule has 0 aliphatic rings. The molecule has 5 nitrogen and oxygen atoms in total. The summed E-state index contributed by atoms with van der Waals surface area (Å²) in [5.74, 6) is -1.92. The van der Waals surface area contributed by atoms with Crippen molar-refractivity contribution in [1.82, 2.24) is 0 Å². The Labute approximate surface area is 121 Å². The van der Waals surface area contributed by atoms with Gasteiger partial charge in [-0.25, -0.2) is 0 Å².